The summed E-state index contributed by atoms with van der Waals surface area (Å²) in [4.78, 5) is 18.4. The van der Waals surface area contributed by atoms with Gasteiger partial charge in [-0.3, -0.25) is 9.78 Å². The second-order valence-electron chi connectivity index (χ2n) is 7.65. The van der Waals surface area contributed by atoms with Gasteiger partial charge in [0.25, 0.3) is 0 Å². The molecule has 1 fully saturated rings. The lowest BCUT2D eigenvalue weighted by Crippen LogP contribution is -2.47. The van der Waals surface area contributed by atoms with E-state index in [9.17, 15) is 9.90 Å². The molecule has 1 aliphatic heterocycles. The molecule has 156 valence electrons. The number of benzene rings is 1. The molecule has 1 amide bonds. The van der Waals surface area contributed by atoms with Crippen LogP contribution < -0.4 is 0 Å². The Morgan fingerprint density at radius 3 is 2.50 bits per heavy atom. The van der Waals surface area contributed by atoms with Crippen LogP contribution in [-0.4, -0.2) is 49.8 Å². The molecule has 8 heteroatoms. The Morgan fingerprint density at radius 2 is 1.80 bits per heavy atom. The van der Waals surface area contributed by atoms with Gasteiger partial charge in [-0.05, 0) is 54.8 Å². The maximum atomic E-state index is 12.6. The van der Waals surface area contributed by atoms with Crippen molar-refractivity contribution in [3.8, 4) is 11.5 Å². The first-order valence-electron chi connectivity index (χ1n) is 9.98. The second-order valence-corrected chi connectivity index (χ2v) is 8.08. The van der Waals surface area contributed by atoms with Gasteiger partial charge in [-0.2, -0.15) is 0 Å². The van der Waals surface area contributed by atoms with E-state index in [1.165, 1.54) is 0 Å². The minimum atomic E-state index is -0.780. The fraction of sp³-hybridized carbons (Fsp3) is 0.364. The number of carbonyl (C=O) groups is 1. The largest absolute Gasteiger partial charge is 0.421 e. The number of amides is 1. The average Bonchev–Trinajstić information content (AvgIpc) is 3.23. The highest BCUT2D eigenvalue weighted by Gasteiger charge is 2.33. The predicted molar refractivity (Wildman–Crippen MR) is 112 cm³/mol. The molecule has 1 aliphatic rings. The highest BCUT2D eigenvalue weighted by atomic mass is 35.5. The Labute approximate surface area is 179 Å². The van der Waals surface area contributed by atoms with E-state index in [1.807, 2.05) is 24.3 Å². The standard InChI is InChI=1S/C22H23ClN4O3/c23-18-3-1-17(2-4-18)21-26-25-19(30-21)5-6-20(28)27-13-9-22(29,10-14-27)15-16-7-11-24-12-8-16/h1-4,7-8,11-12,29H,5-6,9-10,13-15H2. The minimum Gasteiger partial charge on any atom is -0.421 e. The van der Waals surface area contributed by atoms with Gasteiger partial charge in [-0.25, -0.2) is 0 Å². The van der Waals surface area contributed by atoms with Gasteiger partial charge in [0.1, 0.15) is 0 Å². The Hall–Kier alpha value is -2.77. The number of aromatic nitrogens is 3. The maximum absolute atomic E-state index is 12.6. The van der Waals surface area contributed by atoms with Gasteiger partial charge >= 0.3 is 0 Å². The third-order valence-corrected chi connectivity index (χ3v) is 5.69. The zero-order valence-electron chi connectivity index (χ0n) is 16.5. The Morgan fingerprint density at radius 1 is 1.10 bits per heavy atom. The van der Waals surface area contributed by atoms with E-state index >= 15 is 0 Å². The fourth-order valence-corrected chi connectivity index (χ4v) is 3.79. The topological polar surface area (TPSA) is 92.4 Å². The summed E-state index contributed by atoms with van der Waals surface area (Å²) in [5.74, 6) is 0.875. The lowest BCUT2D eigenvalue weighted by Gasteiger charge is -2.38. The van der Waals surface area contributed by atoms with Gasteiger partial charge in [0, 0.05) is 55.3 Å². The van der Waals surface area contributed by atoms with Gasteiger partial charge in [0.15, 0.2) is 0 Å². The summed E-state index contributed by atoms with van der Waals surface area (Å²) in [6.45, 7) is 1.08. The molecular formula is C22H23ClN4O3. The zero-order valence-corrected chi connectivity index (χ0v) is 17.3. The number of piperidine rings is 1. The van der Waals surface area contributed by atoms with Crippen LogP contribution in [0.25, 0.3) is 11.5 Å². The molecule has 30 heavy (non-hydrogen) atoms. The molecule has 3 heterocycles. The second kappa shape index (κ2) is 8.93. The first kappa shape index (κ1) is 20.5. The number of hydrogen-bond acceptors (Lipinski definition) is 6. The summed E-state index contributed by atoms with van der Waals surface area (Å²) in [7, 11) is 0. The molecule has 1 N–H and O–H groups in total. The monoisotopic (exact) mass is 426 g/mol. The molecular weight excluding hydrogens is 404 g/mol. The third kappa shape index (κ3) is 5.04. The number of hydrogen-bond donors (Lipinski definition) is 1. The van der Waals surface area contributed by atoms with Gasteiger partial charge in [0.2, 0.25) is 17.7 Å². The number of aliphatic hydroxyl groups is 1. The van der Waals surface area contributed by atoms with Crippen LogP contribution >= 0.6 is 11.6 Å². The van der Waals surface area contributed by atoms with E-state index in [0.717, 1.165) is 11.1 Å². The smallest absolute Gasteiger partial charge is 0.247 e. The molecule has 0 aliphatic carbocycles. The van der Waals surface area contributed by atoms with Crippen LogP contribution in [0, 0.1) is 0 Å². The molecule has 0 radical (unpaired) electrons. The van der Waals surface area contributed by atoms with Crippen molar-refractivity contribution in [3.05, 3.63) is 65.3 Å². The average molecular weight is 427 g/mol. The zero-order chi connectivity index (χ0) is 21.0. The van der Waals surface area contributed by atoms with Crippen LogP contribution in [0.3, 0.4) is 0 Å². The number of nitrogens with zero attached hydrogens (tertiary/aromatic N) is 4. The van der Waals surface area contributed by atoms with Crippen molar-refractivity contribution in [1.82, 2.24) is 20.1 Å². The summed E-state index contributed by atoms with van der Waals surface area (Å²) >= 11 is 5.89. The Bertz CT molecular complexity index is 983. The molecule has 7 nitrogen and oxygen atoms in total. The Balaban J connectivity index is 1.27. The summed E-state index contributed by atoms with van der Waals surface area (Å²) in [5.41, 5.74) is 1.06. The SMILES string of the molecule is O=C(CCc1nnc(-c2ccc(Cl)cc2)o1)N1CCC(O)(Cc2ccncc2)CC1. The summed E-state index contributed by atoms with van der Waals surface area (Å²) < 4.78 is 5.67. The van der Waals surface area contributed by atoms with Crippen molar-refractivity contribution in [2.24, 2.45) is 0 Å². The van der Waals surface area contributed by atoms with Crippen molar-refractivity contribution in [1.29, 1.82) is 0 Å². The van der Waals surface area contributed by atoms with Crippen LogP contribution in [0.5, 0.6) is 0 Å². The number of halogens is 1. The minimum absolute atomic E-state index is 0.0344. The van der Waals surface area contributed by atoms with Gasteiger partial charge in [-0.1, -0.05) is 11.6 Å². The van der Waals surface area contributed by atoms with Crippen molar-refractivity contribution < 1.29 is 14.3 Å². The van der Waals surface area contributed by atoms with E-state index in [1.54, 1.807) is 29.4 Å². The number of pyridine rings is 1. The lowest BCUT2D eigenvalue weighted by molar-refractivity contribution is -0.135. The number of rotatable bonds is 6. The van der Waals surface area contributed by atoms with Crippen LogP contribution in [-0.2, 0) is 17.6 Å². The highest BCUT2D eigenvalue weighted by molar-refractivity contribution is 6.30. The fourth-order valence-electron chi connectivity index (χ4n) is 3.67. The van der Waals surface area contributed by atoms with Crippen LogP contribution in [0.2, 0.25) is 5.02 Å². The van der Waals surface area contributed by atoms with Crippen LogP contribution in [0.1, 0.15) is 30.7 Å². The molecule has 0 unspecified atom stereocenters. The third-order valence-electron chi connectivity index (χ3n) is 5.44. The first-order chi connectivity index (χ1) is 14.5. The molecule has 0 bridgehead atoms. The molecule has 0 atom stereocenters. The Kier molecular flexibility index (Phi) is 6.11. The van der Waals surface area contributed by atoms with Crippen LogP contribution in [0.15, 0.2) is 53.2 Å². The first-order valence-corrected chi connectivity index (χ1v) is 10.4. The van der Waals surface area contributed by atoms with Crippen molar-refractivity contribution in [2.75, 3.05) is 13.1 Å². The normalized spacial score (nSPS) is 15.9. The molecule has 3 aromatic rings. The van der Waals surface area contributed by atoms with Crippen molar-refractivity contribution >= 4 is 17.5 Å². The molecule has 4 rings (SSSR count). The van der Waals surface area contributed by atoms with Gasteiger partial charge in [-0.15, -0.1) is 10.2 Å². The number of aryl methyl sites for hydroxylation is 1. The number of carbonyl (C=O) groups excluding carboxylic acids is 1. The van der Waals surface area contributed by atoms with Crippen LogP contribution in [0.4, 0.5) is 0 Å². The van der Waals surface area contributed by atoms with E-state index < -0.39 is 5.60 Å². The van der Waals surface area contributed by atoms with Crippen molar-refractivity contribution in [3.63, 3.8) is 0 Å². The summed E-state index contributed by atoms with van der Waals surface area (Å²) in [6, 6.07) is 11.0. The maximum Gasteiger partial charge on any atom is 0.247 e. The van der Waals surface area contributed by atoms with Gasteiger partial charge in [0.05, 0.1) is 5.60 Å². The van der Waals surface area contributed by atoms with Gasteiger partial charge < -0.3 is 14.4 Å². The summed E-state index contributed by atoms with van der Waals surface area (Å²) in [6.07, 6.45) is 5.83. The van der Waals surface area contributed by atoms with E-state index in [-0.39, 0.29) is 5.91 Å². The molecule has 1 aromatic carbocycles. The quantitative estimate of drug-likeness (QED) is 0.650. The van der Waals surface area contributed by atoms with Crippen molar-refractivity contribution in [2.45, 2.75) is 37.7 Å². The summed E-state index contributed by atoms with van der Waals surface area (Å²) in [5, 5.41) is 19.6. The number of likely N-dealkylation sites (tertiary alicyclic amines) is 1. The molecule has 0 saturated carbocycles. The van der Waals surface area contributed by atoms with E-state index in [4.69, 9.17) is 16.0 Å². The molecule has 1 saturated heterocycles. The molecule has 2 aromatic heterocycles. The highest BCUT2D eigenvalue weighted by Crippen LogP contribution is 2.27. The molecule has 0 spiro atoms. The van der Waals surface area contributed by atoms with E-state index in [2.05, 4.69) is 15.2 Å². The predicted octanol–water partition coefficient (Wildman–Crippen LogP) is 3.31. The van der Waals surface area contributed by atoms with E-state index in [0.29, 0.717) is 62.0 Å². The lowest BCUT2D eigenvalue weighted by atomic mass is 9.85.